The summed E-state index contributed by atoms with van der Waals surface area (Å²) in [6.07, 6.45) is 8.31. The van der Waals surface area contributed by atoms with Gasteiger partial charge >= 0.3 is 0 Å². The predicted molar refractivity (Wildman–Crippen MR) is 50.9 cm³/mol. The molecular formula is C9H13NS. The highest BCUT2D eigenvalue weighted by atomic mass is 32.2. The number of aromatic nitrogens is 1. The van der Waals surface area contributed by atoms with Gasteiger partial charge in [-0.25, -0.2) is 0 Å². The number of hydrogen-bond acceptors (Lipinski definition) is 2. The second-order valence-corrected chi connectivity index (χ2v) is 3.44. The maximum absolute atomic E-state index is 3.97. The Balaban J connectivity index is 2.28. The van der Waals surface area contributed by atoms with E-state index in [0.29, 0.717) is 0 Å². The Morgan fingerprint density at radius 1 is 1.36 bits per heavy atom. The lowest BCUT2D eigenvalue weighted by atomic mass is 10.2. The van der Waals surface area contributed by atoms with Crippen molar-refractivity contribution in [3.8, 4) is 0 Å². The largest absolute Gasteiger partial charge is 0.265 e. The topological polar surface area (TPSA) is 12.9 Å². The molecule has 0 saturated heterocycles. The van der Waals surface area contributed by atoms with Crippen molar-refractivity contribution in [3.05, 3.63) is 30.1 Å². The van der Waals surface area contributed by atoms with E-state index in [1.807, 2.05) is 24.2 Å². The first-order valence-electron chi connectivity index (χ1n) is 3.81. The van der Waals surface area contributed by atoms with Crippen LogP contribution in [0, 0.1) is 0 Å². The van der Waals surface area contributed by atoms with E-state index in [1.165, 1.54) is 24.2 Å². The molecule has 0 atom stereocenters. The van der Waals surface area contributed by atoms with Crippen molar-refractivity contribution < 1.29 is 0 Å². The average Bonchev–Trinajstić information content (AvgIpc) is 2.07. The molecule has 0 N–H and O–H groups in total. The summed E-state index contributed by atoms with van der Waals surface area (Å²) < 4.78 is 0. The monoisotopic (exact) mass is 167 g/mol. The molecule has 0 spiro atoms. The summed E-state index contributed by atoms with van der Waals surface area (Å²) in [6.45, 7) is 0. The zero-order chi connectivity index (χ0) is 7.94. The minimum Gasteiger partial charge on any atom is -0.265 e. The van der Waals surface area contributed by atoms with E-state index in [0.717, 1.165) is 0 Å². The number of aryl methyl sites for hydroxylation is 1. The van der Waals surface area contributed by atoms with Crippen molar-refractivity contribution in [2.45, 2.75) is 12.8 Å². The lowest BCUT2D eigenvalue weighted by Crippen LogP contribution is -1.86. The van der Waals surface area contributed by atoms with Crippen LogP contribution in [-0.4, -0.2) is 17.0 Å². The molecule has 1 rings (SSSR count). The van der Waals surface area contributed by atoms with E-state index in [9.17, 15) is 0 Å². The van der Waals surface area contributed by atoms with Gasteiger partial charge in [-0.3, -0.25) is 4.98 Å². The van der Waals surface area contributed by atoms with E-state index in [-0.39, 0.29) is 0 Å². The van der Waals surface area contributed by atoms with Crippen LogP contribution in [0.4, 0.5) is 0 Å². The number of nitrogens with zero attached hydrogens (tertiary/aromatic N) is 1. The van der Waals surface area contributed by atoms with Crippen LogP contribution in [0.1, 0.15) is 12.0 Å². The molecular weight excluding hydrogens is 154 g/mol. The third kappa shape index (κ3) is 3.42. The maximum Gasteiger partial charge on any atom is 0.0270 e. The van der Waals surface area contributed by atoms with Gasteiger partial charge in [0, 0.05) is 12.4 Å². The Hall–Kier alpha value is -0.500. The zero-order valence-electron chi connectivity index (χ0n) is 6.79. The minimum atomic E-state index is 1.18. The fraction of sp³-hybridized carbons (Fsp3) is 0.444. The SMILES string of the molecule is CSCCCc1ccncc1. The van der Waals surface area contributed by atoms with Gasteiger partial charge in [-0.15, -0.1) is 0 Å². The molecule has 0 amide bonds. The van der Waals surface area contributed by atoms with Gasteiger partial charge in [0.1, 0.15) is 0 Å². The molecule has 0 fully saturated rings. The Bertz CT molecular complexity index is 186. The van der Waals surface area contributed by atoms with E-state index in [4.69, 9.17) is 0 Å². The summed E-state index contributed by atoms with van der Waals surface area (Å²) >= 11 is 1.91. The Labute approximate surface area is 72.2 Å². The molecule has 1 nitrogen and oxygen atoms in total. The molecule has 0 radical (unpaired) electrons. The first-order chi connectivity index (χ1) is 5.43. The number of hydrogen-bond donors (Lipinski definition) is 0. The van der Waals surface area contributed by atoms with E-state index in [1.54, 1.807) is 0 Å². The van der Waals surface area contributed by atoms with E-state index >= 15 is 0 Å². The van der Waals surface area contributed by atoms with Gasteiger partial charge < -0.3 is 0 Å². The Kier molecular flexibility index (Phi) is 4.06. The molecule has 60 valence electrons. The summed E-state index contributed by atoms with van der Waals surface area (Å²) in [6, 6.07) is 4.17. The van der Waals surface area contributed by atoms with Crippen LogP contribution in [0.15, 0.2) is 24.5 Å². The smallest absolute Gasteiger partial charge is 0.0270 e. The average molecular weight is 167 g/mol. The normalized spacial score (nSPS) is 9.91. The Morgan fingerprint density at radius 3 is 2.73 bits per heavy atom. The summed E-state index contributed by atoms with van der Waals surface area (Å²) in [7, 11) is 0. The predicted octanol–water partition coefficient (Wildman–Crippen LogP) is 2.38. The van der Waals surface area contributed by atoms with Gasteiger partial charge in [-0.05, 0) is 42.5 Å². The van der Waals surface area contributed by atoms with E-state index < -0.39 is 0 Å². The first-order valence-corrected chi connectivity index (χ1v) is 5.20. The molecule has 0 bridgehead atoms. The molecule has 1 heterocycles. The van der Waals surface area contributed by atoms with Crippen molar-refractivity contribution in [1.82, 2.24) is 4.98 Å². The van der Waals surface area contributed by atoms with Crippen molar-refractivity contribution in [3.63, 3.8) is 0 Å². The molecule has 2 heteroatoms. The quantitative estimate of drug-likeness (QED) is 0.639. The van der Waals surface area contributed by atoms with Crippen LogP contribution in [0.3, 0.4) is 0 Å². The Morgan fingerprint density at radius 2 is 2.09 bits per heavy atom. The third-order valence-corrected chi connectivity index (χ3v) is 2.26. The highest BCUT2D eigenvalue weighted by Crippen LogP contribution is 2.03. The van der Waals surface area contributed by atoms with Crippen LogP contribution in [0.2, 0.25) is 0 Å². The van der Waals surface area contributed by atoms with Gasteiger partial charge in [0.15, 0.2) is 0 Å². The molecule has 11 heavy (non-hydrogen) atoms. The number of thioether (sulfide) groups is 1. The van der Waals surface area contributed by atoms with Crippen LogP contribution in [-0.2, 0) is 6.42 Å². The molecule has 0 aliphatic heterocycles. The second-order valence-electron chi connectivity index (χ2n) is 2.45. The van der Waals surface area contributed by atoms with Crippen molar-refractivity contribution in [2.75, 3.05) is 12.0 Å². The molecule has 1 aromatic heterocycles. The van der Waals surface area contributed by atoms with Crippen molar-refractivity contribution in [2.24, 2.45) is 0 Å². The lowest BCUT2D eigenvalue weighted by molar-refractivity contribution is 0.930. The summed E-state index contributed by atoms with van der Waals surface area (Å²) in [5.41, 5.74) is 1.40. The second kappa shape index (κ2) is 5.19. The minimum absolute atomic E-state index is 1.18. The van der Waals surface area contributed by atoms with Gasteiger partial charge in [0.2, 0.25) is 0 Å². The van der Waals surface area contributed by atoms with Crippen LogP contribution in [0.25, 0.3) is 0 Å². The summed E-state index contributed by atoms with van der Waals surface area (Å²) in [5, 5.41) is 0. The molecule has 0 aliphatic carbocycles. The first kappa shape index (κ1) is 8.60. The van der Waals surface area contributed by atoms with Crippen LogP contribution < -0.4 is 0 Å². The van der Waals surface area contributed by atoms with Gasteiger partial charge in [-0.1, -0.05) is 0 Å². The molecule has 1 aromatic rings. The van der Waals surface area contributed by atoms with Crippen molar-refractivity contribution in [1.29, 1.82) is 0 Å². The van der Waals surface area contributed by atoms with Gasteiger partial charge in [-0.2, -0.15) is 11.8 Å². The number of rotatable bonds is 4. The maximum atomic E-state index is 3.97. The van der Waals surface area contributed by atoms with Crippen LogP contribution in [0.5, 0.6) is 0 Å². The standard InChI is InChI=1S/C9H13NS/c1-11-8-2-3-9-4-6-10-7-5-9/h4-7H,2-3,8H2,1H3. The highest BCUT2D eigenvalue weighted by molar-refractivity contribution is 7.98. The highest BCUT2D eigenvalue weighted by Gasteiger charge is 1.89. The van der Waals surface area contributed by atoms with Gasteiger partial charge in [0.25, 0.3) is 0 Å². The molecule has 0 aromatic carbocycles. The third-order valence-electron chi connectivity index (χ3n) is 1.56. The van der Waals surface area contributed by atoms with Crippen molar-refractivity contribution >= 4 is 11.8 Å². The molecule has 0 unspecified atom stereocenters. The zero-order valence-corrected chi connectivity index (χ0v) is 7.60. The number of pyridine rings is 1. The molecule has 0 saturated carbocycles. The van der Waals surface area contributed by atoms with E-state index in [2.05, 4.69) is 23.4 Å². The van der Waals surface area contributed by atoms with Gasteiger partial charge in [0.05, 0.1) is 0 Å². The fourth-order valence-corrected chi connectivity index (χ4v) is 1.40. The summed E-state index contributed by atoms with van der Waals surface area (Å²) in [5.74, 6) is 1.25. The molecule has 0 aliphatic rings. The lowest BCUT2D eigenvalue weighted by Gasteiger charge is -1.97. The summed E-state index contributed by atoms with van der Waals surface area (Å²) in [4.78, 5) is 3.97. The fourth-order valence-electron chi connectivity index (χ4n) is 0.970. The van der Waals surface area contributed by atoms with Crippen LogP contribution >= 0.6 is 11.8 Å².